The predicted molar refractivity (Wildman–Crippen MR) is 42.9 cm³/mol. The molecule has 1 fully saturated rings. The van der Waals surface area contributed by atoms with E-state index in [-0.39, 0.29) is 18.4 Å². The van der Waals surface area contributed by atoms with Crippen molar-refractivity contribution in [1.29, 1.82) is 0 Å². The number of methoxy groups -OCH3 is 1. The quantitative estimate of drug-likeness (QED) is 0.593. The number of rotatable bonds is 2. The largest absolute Gasteiger partial charge is 0.453 e. The molecule has 1 aliphatic rings. The summed E-state index contributed by atoms with van der Waals surface area (Å²) in [5.41, 5.74) is 0. The third-order valence-corrected chi connectivity index (χ3v) is 1.71. The summed E-state index contributed by atoms with van der Waals surface area (Å²) < 4.78 is 9.41. The van der Waals surface area contributed by atoms with Gasteiger partial charge in [0.05, 0.1) is 19.8 Å². The number of carbonyl (C=O) groups excluding carboxylic acids is 2. The number of amides is 1. The van der Waals surface area contributed by atoms with Crippen LogP contribution in [0.4, 0.5) is 4.79 Å². The lowest BCUT2D eigenvalue weighted by Crippen LogP contribution is -2.46. The summed E-state index contributed by atoms with van der Waals surface area (Å²) in [6.07, 6.45) is -1.23. The highest BCUT2D eigenvalue weighted by Gasteiger charge is 2.28. The molecule has 0 aromatic carbocycles. The molecular weight excluding hydrogens is 176 g/mol. The Labute approximate surface area is 75.6 Å². The molecule has 1 heterocycles. The lowest BCUT2D eigenvalue weighted by atomic mass is 10.2. The lowest BCUT2D eigenvalue weighted by molar-refractivity contribution is -0.118. The molecule has 1 rings (SSSR count). The number of hydrogen-bond acceptors (Lipinski definition) is 5. The Morgan fingerprint density at radius 3 is 2.77 bits per heavy atom. The average Bonchev–Trinajstić information content (AvgIpc) is 2.52. The van der Waals surface area contributed by atoms with Crippen molar-refractivity contribution in [3.05, 3.63) is 0 Å². The fourth-order valence-corrected chi connectivity index (χ4v) is 0.955. The standard InChI is InChI=1S/C7H12N2O4/c1-4(10)5-3-13-6(8-5)9-7(11)12-2/h5-6,8H,3H2,1-2H3,(H,9,11)/t5-,6-/m1/s1. The van der Waals surface area contributed by atoms with Gasteiger partial charge in [-0.15, -0.1) is 0 Å². The Kier molecular flexibility index (Phi) is 3.21. The van der Waals surface area contributed by atoms with Gasteiger partial charge in [0.15, 0.2) is 6.35 Å². The van der Waals surface area contributed by atoms with Gasteiger partial charge in [-0.1, -0.05) is 0 Å². The Hall–Kier alpha value is -1.14. The highest BCUT2D eigenvalue weighted by molar-refractivity contribution is 5.81. The number of Topliss-reactive ketones (excluding diaryl/α,β-unsaturated/α-hetero) is 1. The molecule has 0 aliphatic carbocycles. The molecule has 1 saturated heterocycles. The fraction of sp³-hybridized carbons (Fsp3) is 0.714. The maximum absolute atomic E-state index is 10.9. The van der Waals surface area contributed by atoms with Gasteiger partial charge in [0.1, 0.15) is 5.78 Å². The third kappa shape index (κ3) is 2.67. The van der Waals surface area contributed by atoms with Crippen LogP contribution in [0.2, 0.25) is 0 Å². The number of ether oxygens (including phenoxy) is 2. The van der Waals surface area contributed by atoms with E-state index in [4.69, 9.17) is 4.74 Å². The maximum atomic E-state index is 10.9. The molecule has 0 aromatic rings. The number of alkyl carbamates (subject to hydrolysis) is 1. The van der Waals surface area contributed by atoms with Crippen LogP contribution in [-0.2, 0) is 14.3 Å². The van der Waals surface area contributed by atoms with Crippen molar-refractivity contribution in [2.75, 3.05) is 13.7 Å². The molecule has 1 aliphatic heterocycles. The fourth-order valence-electron chi connectivity index (χ4n) is 0.955. The van der Waals surface area contributed by atoms with Crippen LogP contribution in [0.5, 0.6) is 0 Å². The van der Waals surface area contributed by atoms with E-state index < -0.39 is 12.4 Å². The summed E-state index contributed by atoms with van der Waals surface area (Å²) in [7, 11) is 1.26. The third-order valence-electron chi connectivity index (χ3n) is 1.71. The van der Waals surface area contributed by atoms with Crippen molar-refractivity contribution in [2.24, 2.45) is 0 Å². The van der Waals surface area contributed by atoms with Crippen molar-refractivity contribution >= 4 is 11.9 Å². The summed E-state index contributed by atoms with van der Waals surface area (Å²) in [6.45, 7) is 1.73. The van der Waals surface area contributed by atoms with E-state index in [1.165, 1.54) is 14.0 Å². The topological polar surface area (TPSA) is 76.7 Å². The summed E-state index contributed by atoms with van der Waals surface area (Å²) in [5, 5.41) is 5.14. The molecule has 6 nitrogen and oxygen atoms in total. The molecule has 13 heavy (non-hydrogen) atoms. The first-order chi connectivity index (χ1) is 6.13. The SMILES string of the molecule is COC(=O)N[C@H]1N[C@@H](C(C)=O)CO1. The van der Waals surface area contributed by atoms with E-state index in [2.05, 4.69) is 15.4 Å². The highest BCUT2D eigenvalue weighted by atomic mass is 16.6. The van der Waals surface area contributed by atoms with Crippen LogP contribution >= 0.6 is 0 Å². The van der Waals surface area contributed by atoms with Crippen LogP contribution in [0.3, 0.4) is 0 Å². The van der Waals surface area contributed by atoms with Gasteiger partial charge in [-0.05, 0) is 6.92 Å². The summed E-state index contributed by atoms with van der Waals surface area (Å²) in [4.78, 5) is 21.6. The normalized spacial score (nSPS) is 26.9. The molecule has 0 spiro atoms. The molecule has 0 bridgehead atoms. The Balaban J connectivity index is 2.33. The van der Waals surface area contributed by atoms with Gasteiger partial charge >= 0.3 is 6.09 Å². The average molecular weight is 188 g/mol. The van der Waals surface area contributed by atoms with Crippen molar-refractivity contribution < 1.29 is 19.1 Å². The molecular formula is C7H12N2O4. The summed E-state index contributed by atoms with van der Waals surface area (Å²) in [6, 6.07) is -0.345. The summed E-state index contributed by atoms with van der Waals surface area (Å²) in [5.74, 6) is -0.0193. The molecule has 74 valence electrons. The molecule has 0 saturated carbocycles. The minimum Gasteiger partial charge on any atom is -0.453 e. The van der Waals surface area contributed by atoms with Crippen molar-refractivity contribution in [3.63, 3.8) is 0 Å². The van der Waals surface area contributed by atoms with Crippen LogP contribution in [0.1, 0.15) is 6.92 Å². The monoisotopic (exact) mass is 188 g/mol. The first kappa shape index (κ1) is 9.94. The number of hydrogen-bond donors (Lipinski definition) is 2. The van der Waals surface area contributed by atoms with E-state index in [1.54, 1.807) is 0 Å². The van der Waals surface area contributed by atoms with E-state index in [1.807, 2.05) is 0 Å². The van der Waals surface area contributed by atoms with Gasteiger partial charge < -0.3 is 9.47 Å². The van der Waals surface area contributed by atoms with Gasteiger partial charge in [0.25, 0.3) is 0 Å². The van der Waals surface area contributed by atoms with E-state index in [0.29, 0.717) is 0 Å². The zero-order valence-corrected chi connectivity index (χ0v) is 7.49. The predicted octanol–water partition coefficient (Wildman–Crippen LogP) is -0.797. The van der Waals surface area contributed by atoms with Gasteiger partial charge in [-0.2, -0.15) is 0 Å². The van der Waals surface area contributed by atoms with Gasteiger partial charge in [-0.25, -0.2) is 4.79 Å². The minimum atomic E-state index is -0.638. The Morgan fingerprint density at radius 1 is 1.62 bits per heavy atom. The molecule has 0 unspecified atom stereocenters. The van der Waals surface area contributed by atoms with Crippen LogP contribution in [-0.4, -0.2) is 38.0 Å². The van der Waals surface area contributed by atoms with E-state index in [0.717, 1.165) is 0 Å². The number of ketones is 1. The number of nitrogens with one attached hydrogen (secondary N) is 2. The van der Waals surface area contributed by atoms with Gasteiger partial charge in [0.2, 0.25) is 0 Å². The van der Waals surface area contributed by atoms with Crippen molar-refractivity contribution in [1.82, 2.24) is 10.6 Å². The number of carbonyl (C=O) groups is 2. The maximum Gasteiger partial charge on any atom is 0.409 e. The molecule has 0 aromatic heterocycles. The van der Waals surface area contributed by atoms with Crippen LogP contribution in [0.25, 0.3) is 0 Å². The highest BCUT2D eigenvalue weighted by Crippen LogP contribution is 2.01. The van der Waals surface area contributed by atoms with E-state index in [9.17, 15) is 9.59 Å². The second kappa shape index (κ2) is 4.20. The second-order valence-electron chi connectivity index (χ2n) is 2.68. The molecule has 2 N–H and O–H groups in total. The first-order valence-electron chi connectivity index (χ1n) is 3.86. The Morgan fingerprint density at radius 2 is 2.31 bits per heavy atom. The van der Waals surface area contributed by atoms with Crippen LogP contribution in [0.15, 0.2) is 0 Å². The zero-order chi connectivity index (χ0) is 9.84. The smallest absolute Gasteiger partial charge is 0.409 e. The Bertz CT molecular complexity index is 219. The van der Waals surface area contributed by atoms with Gasteiger partial charge in [0, 0.05) is 0 Å². The molecule has 1 amide bonds. The van der Waals surface area contributed by atoms with E-state index >= 15 is 0 Å². The summed E-state index contributed by atoms with van der Waals surface area (Å²) >= 11 is 0. The minimum absolute atomic E-state index is 0.0193. The lowest BCUT2D eigenvalue weighted by Gasteiger charge is -2.11. The van der Waals surface area contributed by atoms with Crippen molar-refractivity contribution in [2.45, 2.75) is 19.3 Å². The van der Waals surface area contributed by atoms with Crippen LogP contribution in [0, 0.1) is 0 Å². The first-order valence-corrected chi connectivity index (χ1v) is 3.86. The second-order valence-corrected chi connectivity index (χ2v) is 2.68. The van der Waals surface area contributed by atoms with Crippen LogP contribution < -0.4 is 10.6 Å². The molecule has 0 radical (unpaired) electrons. The molecule has 2 atom stereocenters. The zero-order valence-electron chi connectivity index (χ0n) is 7.49. The van der Waals surface area contributed by atoms with Gasteiger partial charge in [-0.3, -0.25) is 15.4 Å². The molecule has 6 heteroatoms. The van der Waals surface area contributed by atoms with Crippen molar-refractivity contribution in [3.8, 4) is 0 Å².